The largest absolute Gasteiger partial charge is 0.481 e. The van der Waals surface area contributed by atoms with Gasteiger partial charge in [0.1, 0.15) is 0 Å². The lowest BCUT2D eigenvalue weighted by Crippen LogP contribution is -2.39. The smallest absolute Gasteiger partial charge is 0.311 e. The van der Waals surface area contributed by atoms with E-state index in [0.29, 0.717) is 0 Å². The Kier molecular flexibility index (Phi) is 5.12. The van der Waals surface area contributed by atoms with E-state index in [1.807, 2.05) is 19.0 Å². The summed E-state index contributed by atoms with van der Waals surface area (Å²) in [6, 6.07) is 8.18. The fourth-order valence-electron chi connectivity index (χ4n) is 2.63. The van der Waals surface area contributed by atoms with Gasteiger partial charge in [0.15, 0.2) is 0 Å². The molecule has 3 heteroatoms. The summed E-state index contributed by atoms with van der Waals surface area (Å²) in [7, 11) is 3.85. The van der Waals surface area contributed by atoms with E-state index in [9.17, 15) is 9.90 Å². The predicted octanol–water partition coefficient (Wildman–Crippen LogP) is 3.35. The molecule has 0 heterocycles. The van der Waals surface area contributed by atoms with Crippen molar-refractivity contribution < 1.29 is 9.90 Å². The summed E-state index contributed by atoms with van der Waals surface area (Å²) < 4.78 is 0. The normalized spacial score (nSPS) is 13.6. The van der Waals surface area contributed by atoms with Crippen molar-refractivity contribution in [3.05, 3.63) is 35.4 Å². The van der Waals surface area contributed by atoms with Crippen molar-refractivity contribution >= 4 is 5.97 Å². The highest BCUT2D eigenvalue weighted by molar-refractivity contribution is 5.75. The fourth-order valence-corrected chi connectivity index (χ4v) is 2.63. The molecule has 0 bridgehead atoms. The number of rotatable bonds is 6. The van der Waals surface area contributed by atoms with Gasteiger partial charge in [-0.3, -0.25) is 4.79 Å². The summed E-state index contributed by atoms with van der Waals surface area (Å²) in [5.41, 5.74) is 1.53. The van der Waals surface area contributed by atoms with Gasteiger partial charge in [-0.05, 0) is 45.5 Å². The van der Waals surface area contributed by atoms with Crippen molar-refractivity contribution in [1.29, 1.82) is 0 Å². The molecule has 3 nitrogen and oxygen atoms in total. The summed E-state index contributed by atoms with van der Waals surface area (Å²) >= 11 is 0. The molecule has 0 aliphatic carbocycles. The quantitative estimate of drug-likeness (QED) is 0.855. The van der Waals surface area contributed by atoms with Crippen LogP contribution in [0, 0.1) is 5.41 Å². The number of carboxylic acids is 1. The van der Waals surface area contributed by atoms with Crippen LogP contribution in [0.3, 0.4) is 0 Å². The minimum atomic E-state index is -0.824. The van der Waals surface area contributed by atoms with Crippen LogP contribution < -0.4 is 0 Å². The zero-order valence-corrected chi connectivity index (χ0v) is 12.6. The standard InChI is InChI=1S/C16H25NO2/c1-6-7-12-8-10-13(11-9-12)14(17(4)5)16(2,3)15(18)19/h8-11,14H,6-7H2,1-5H3,(H,18,19). The van der Waals surface area contributed by atoms with Crippen LogP contribution >= 0.6 is 0 Å². The van der Waals surface area contributed by atoms with Crippen LogP contribution in [0.25, 0.3) is 0 Å². The van der Waals surface area contributed by atoms with Gasteiger partial charge in [0, 0.05) is 6.04 Å². The summed E-state index contributed by atoms with van der Waals surface area (Å²) in [6.45, 7) is 5.71. The molecule has 1 unspecified atom stereocenters. The van der Waals surface area contributed by atoms with Gasteiger partial charge in [-0.1, -0.05) is 37.6 Å². The Morgan fingerprint density at radius 3 is 2.16 bits per heavy atom. The topological polar surface area (TPSA) is 40.5 Å². The number of benzene rings is 1. The van der Waals surface area contributed by atoms with Crippen LogP contribution in [-0.2, 0) is 11.2 Å². The van der Waals surface area contributed by atoms with Crippen molar-refractivity contribution in [2.75, 3.05) is 14.1 Å². The molecule has 106 valence electrons. The Hall–Kier alpha value is -1.35. The molecular weight excluding hydrogens is 238 g/mol. The maximum Gasteiger partial charge on any atom is 0.311 e. The molecule has 0 aliphatic heterocycles. The molecule has 0 saturated carbocycles. The number of nitrogens with zero attached hydrogens (tertiary/aromatic N) is 1. The molecule has 0 spiro atoms. The monoisotopic (exact) mass is 263 g/mol. The Morgan fingerprint density at radius 2 is 1.79 bits per heavy atom. The lowest BCUT2D eigenvalue weighted by Gasteiger charge is -2.36. The number of carbonyl (C=O) groups is 1. The van der Waals surface area contributed by atoms with Crippen molar-refractivity contribution in [2.45, 2.75) is 39.7 Å². The first kappa shape index (κ1) is 15.7. The van der Waals surface area contributed by atoms with E-state index >= 15 is 0 Å². The Labute approximate surface area is 116 Å². The second-order valence-corrected chi connectivity index (χ2v) is 5.88. The Morgan fingerprint density at radius 1 is 1.26 bits per heavy atom. The van der Waals surface area contributed by atoms with E-state index in [0.717, 1.165) is 18.4 Å². The molecule has 1 rings (SSSR count). The number of hydrogen-bond acceptors (Lipinski definition) is 2. The third kappa shape index (κ3) is 3.57. The SMILES string of the molecule is CCCc1ccc(C(N(C)C)C(C)(C)C(=O)O)cc1. The van der Waals surface area contributed by atoms with Crippen molar-refractivity contribution in [2.24, 2.45) is 5.41 Å². The summed E-state index contributed by atoms with van der Waals surface area (Å²) in [4.78, 5) is 13.5. The van der Waals surface area contributed by atoms with Crippen LogP contribution in [0.5, 0.6) is 0 Å². The van der Waals surface area contributed by atoms with Crippen LogP contribution in [-0.4, -0.2) is 30.1 Å². The first-order valence-electron chi connectivity index (χ1n) is 6.79. The molecule has 1 atom stereocenters. The molecular formula is C16H25NO2. The summed E-state index contributed by atoms with van der Waals surface area (Å²) in [6.07, 6.45) is 2.19. The second kappa shape index (κ2) is 6.20. The average molecular weight is 263 g/mol. The number of carboxylic acid groups (broad SMARTS) is 1. The Bertz CT molecular complexity index is 421. The molecule has 19 heavy (non-hydrogen) atoms. The van der Waals surface area contributed by atoms with Crippen LogP contribution in [0.2, 0.25) is 0 Å². The Balaban J connectivity index is 3.10. The van der Waals surface area contributed by atoms with Gasteiger partial charge in [0.25, 0.3) is 0 Å². The maximum absolute atomic E-state index is 11.5. The highest BCUT2D eigenvalue weighted by Gasteiger charge is 2.39. The van der Waals surface area contributed by atoms with E-state index in [1.165, 1.54) is 5.56 Å². The number of hydrogen-bond donors (Lipinski definition) is 1. The van der Waals surface area contributed by atoms with E-state index in [4.69, 9.17) is 0 Å². The van der Waals surface area contributed by atoms with Gasteiger partial charge in [-0.2, -0.15) is 0 Å². The summed E-state index contributed by atoms with van der Waals surface area (Å²) in [5.74, 6) is -0.774. The average Bonchev–Trinajstić information content (AvgIpc) is 2.31. The molecule has 0 saturated heterocycles. The van der Waals surface area contributed by atoms with E-state index in [1.54, 1.807) is 13.8 Å². The zero-order valence-electron chi connectivity index (χ0n) is 12.6. The first-order valence-corrected chi connectivity index (χ1v) is 6.79. The van der Waals surface area contributed by atoms with E-state index in [-0.39, 0.29) is 6.04 Å². The van der Waals surface area contributed by atoms with Gasteiger partial charge in [0.05, 0.1) is 5.41 Å². The van der Waals surface area contributed by atoms with Crippen LogP contribution in [0.4, 0.5) is 0 Å². The predicted molar refractivity (Wildman–Crippen MR) is 78.3 cm³/mol. The minimum absolute atomic E-state index is 0.138. The maximum atomic E-state index is 11.5. The third-order valence-electron chi connectivity index (χ3n) is 3.59. The molecule has 0 amide bonds. The molecule has 0 aliphatic rings. The fraction of sp³-hybridized carbons (Fsp3) is 0.562. The molecule has 1 aromatic carbocycles. The molecule has 0 fully saturated rings. The van der Waals surface area contributed by atoms with Gasteiger partial charge in [-0.25, -0.2) is 0 Å². The van der Waals surface area contributed by atoms with Gasteiger partial charge in [0.2, 0.25) is 0 Å². The first-order chi connectivity index (χ1) is 8.80. The third-order valence-corrected chi connectivity index (χ3v) is 3.59. The number of aryl methyl sites for hydroxylation is 1. The molecule has 1 N–H and O–H groups in total. The molecule has 1 aromatic rings. The highest BCUT2D eigenvalue weighted by Crippen LogP contribution is 2.37. The molecule has 0 aromatic heterocycles. The van der Waals surface area contributed by atoms with Crippen molar-refractivity contribution in [3.8, 4) is 0 Å². The lowest BCUT2D eigenvalue weighted by atomic mass is 9.79. The number of aliphatic carboxylic acids is 1. The van der Waals surface area contributed by atoms with Gasteiger partial charge < -0.3 is 10.0 Å². The second-order valence-electron chi connectivity index (χ2n) is 5.88. The van der Waals surface area contributed by atoms with Crippen LogP contribution in [0.1, 0.15) is 44.4 Å². The van der Waals surface area contributed by atoms with Gasteiger partial charge >= 0.3 is 5.97 Å². The van der Waals surface area contributed by atoms with Crippen molar-refractivity contribution in [3.63, 3.8) is 0 Å². The highest BCUT2D eigenvalue weighted by atomic mass is 16.4. The molecule has 0 radical (unpaired) electrons. The van der Waals surface area contributed by atoms with E-state index < -0.39 is 11.4 Å². The minimum Gasteiger partial charge on any atom is -0.481 e. The zero-order chi connectivity index (χ0) is 14.6. The van der Waals surface area contributed by atoms with E-state index in [2.05, 4.69) is 31.2 Å². The lowest BCUT2D eigenvalue weighted by molar-refractivity contribution is -0.150. The van der Waals surface area contributed by atoms with Gasteiger partial charge in [-0.15, -0.1) is 0 Å². The van der Waals surface area contributed by atoms with Crippen LogP contribution in [0.15, 0.2) is 24.3 Å². The van der Waals surface area contributed by atoms with Crippen molar-refractivity contribution in [1.82, 2.24) is 4.90 Å². The summed E-state index contributed by atoms with van der Waals surface area (Å²) in [5, 5.41) is 9.43.